The van der Waals surface area contributed by atoms with Crippen molar-refractivity contribution in [1.29, 1.82) is 0 Å². The van der Waals surface area contributed by atoms with E-state index in [1.54, 1.807) is 6.20 Å². The SMILES string of the molecule is Brc1ccc(-c2nc(-c3ccccc3)nc(-c3ccccn3)n2)cc1. The second kappa shape index (κ2) is 6.91. The fourth-order valence-corrected chi connectivity index (χ4v) is 2.69. The van der Waals surface area contributed by atoms with Crippen molar-refractivity contribution in [2.24, 2.45) is 0 Å². The summed E-state index contributed by atoms with van der Waals surface area (Å²) in [6, 6.07) is 23.5. The van der Waals surface area contributed by atoms with Gasteiger partial charge in [0.1, 0.15) is 5.69 Å². The lowest BCUT2D eigenvalue weighted by molar-refractivity contribution is 1.06. The van der Waals surface area contributed by atoms with E-state index in [1.165, 1.54) is 0 Å². The molecular weight excluding hydrogens is 376 g/mol. The van der Waals surface area contributed by atoms with Gasteiger partial charge in [0.2, 0.25) is 0 Å². The van der Waals surface area contributed by atoms with Gasteiger partial charge in [0, 0.05) is 21.8 Å². The zero-order valence-corrected chi connectivity index (χ0v) is 14.8. The fourth-order valence-electron chi connectivity index (χ4n) is 2.43. The van der Waals surface area contributed by atoms with Crippen molar-refractivity contribution >= 4 is 15.9 Å². The molecule has 2 heterocycles. The molecule has 25 heavy (non-hydrogen) atoms. The van der Waals surface area contributed by atoms with E-state index in [4.69, 9.17) is 0 Å². The molecular formula is C20H13BrN4. The molecule has 0 saturated heterocycles. The summed E-state index contributed by atoms with van der Waals surface area (Å²) in [6.07, 6.45) is 1.74. The summed E-state index contributed by atoms with van der Waals surface area (Å²) in [5.74, 6) is 1.82. The molecule has 0 amide bonds. The fraction of sp³-hybridized carbons (Fsp3) is 0. The predicted molar refractivity (Wildman–Crippen MR) is 102 cm³/mol. The molecule has 0 N–H and O–H groups in total. The molecule has 0 radical (unpaired) electrons. The summed E-state index contributed by atoms with van der Waals surface area (Å²) in [7, 11) is 0. The zero-order valence-electron chi connectivity index (χ0n) is 13.2. The van der Waals surface area contributed by atoms with Crippen LogP contribution in [0.1, 0.15) is 0 Å². The highest BCUT2D eigenvalue weighted by atomic mass is 79.9. The summed E-state index contributed by atoms with van der Waals surface area (Å²) < 4.78 is 1.01. The number of aromatic nitrogens is 4. The van der Waals surface area contributed by atoms with Crippen LogP contribution in [0.15, 0.2) is 83.5 Å². The normalized spacial score (nSPS) is 10.6. The first-order valence-electron chi connectivity index (χ1n) is 7.78. The monoisotopic (exact) mass is 388 g/mol. The number of rotatable bonds is 3. The van der Waals surface area contributed by atoms with Crippen LogP contribution in [0, 0.1) is 0 Å². The first-order chi connectivity index (χ1) is 12.3. The first kappa shape index (κ1) is 15.6. The maximum Gasteiger partial charge on any atom is 0.182 e. The molecule has 4 rings (SSSR count). The van der Waals surface area contributed by atoms with E-state index in [0.29, 0.717) is 17.5 Å². The Morgan fingerprint density at radius 2 is 1.16 bits per heavy atom. The lowest BCUT2D eigenvalue weighted by Crippen LogP contribution is -2.00. The molecule has 2 aromatic carbocycles. The third-order valence-electron chi connectivity index (χ3n) is 3.66. The van der Waals surface area contributed by atoms with E-state index in [1.807, 2.05) is 72.8 Å². The molecule has 2 aromatic heterocycles. The second-order valence-electron chi connectivity index (χ2n) is 5.39. The molecule has 4 nitrogen and oxygen atoms in total. The van der Waals surface area contributed by atoms with Crippen molar-refractivity contribution in [3.05, 3.63) is 83.5 Å². The number of pyridine rings is 1. The van der Waals surface area contributed by atoms with Crippen LogP contribution in [-0.2, 0) is 0 Å². The van der Waals surface area contributed by atoms with Gasteiger partial charge in [0.05, 0.1) is 0 Å². The van der Waals surface area contributed by atoms with Gasteiger partial charge in [-0.2, -0.15) is 0 Å². The van der Waals surface area contributed by atoms with Crippen LogP contribution in [0.3, 0.4) is 0 Å². The summed E-state index contributed by atoms with van der Waals surface area (Å²) in [5.41, 5.74) is 2.60. The van der Waals surface area contributed by atoms with Gasteiger partial charge in [-0.15, -0.1) is 0 Å². The highest BCUT2D eigenvalue weighted by Crippen LogP contribution is 2.24. The molecule has 0 saturated carbocycles. The maximum absolute atomic E-state index is 4.66. The van der Waals surface area contributed by atoms with Gasteiger partial charge in [-0.3, -0.25) is 4.98 Å². The third-order valence-corrected chi connectivity index (χ3v) is 4.19. The third kappa shape index (κ3) is 3.46. The minimum absolute atomic E-state index is 0.562. The lowest BCUT2D eigenvalue weighted by atomic mass is 10.2. The van der Waals surface area contributed by atoms with Gasteiger partial charge < -0.3 is 0 Å². The van der Waals surface area contributed by atoms with Crippen LogP contribution in [-0.4, -0.2) is 19.9 Å². The Morgan fingerprint density at radius 1 is 0.560 bits per heavy atom. The van der Waals surface area contributed by atoms with Crippen LogP contribution in [0.4, 0.5) is 0 Å². The number of nitrogens with zero attached hydrogens (tertiary/aromatic N) is 4. The Kier molecular flexibility index (Phi) is 4.31. The average Bonchev–Trinajstić information content (AvgIpc) is 2.69. The van der Waals surface area contributed by atoms with Gasteiger partial charge in [0.25, 0.3) is 0 Å². The minimum Gasteiger partial charge on any atom is -0.253 e. The number of halogens is 1. The zero-order chi connectivity index (χ0) is 17.1. The largest absolute Gasteiger partial charge is 0.253 e. The number of benzene rings is 2. The molecule has 5 heteroatoms. The van der Waals surface area contributed by atoms with Crippen LogP contribution >= 0.6 is 15.9 Å². The first-order valence-corrected chi connectivity index (χ1v) is 8.58. The van der Waals surface area contributed by atoms with E-state index < -0.39 is 0 Å². The van der Waals surface area contributed by atoms with E-state index in [0.717, 1.165) is 21.3 Å². The van der Waals surface area contributed by atoms with E-state index >= 15 is 0 Å². The lowest BCUT2D eigenvalue weighted by Gasteiger charge is -2.07. The molecule has 0 unspecified atom stereocenters. The Bertz CT molecular complexity index is 929. The van der Waals surface area contributed by atoms with Crippen molar-refractivity contribution < 1.29 is 0 Å². The maximum atomic E-state index is 4.66. The summed E-state index contributed by atoms with van der Waals surface area (Å²) >= 11 is 3.46. The Morgan fingerprint density at radius 3 is 1.80 bits per heavy atom. The number of hydrogen-bond donors (Lipinski definition) is 0. The molecule has 4 aromatic rings. The smallest absolute Gasteiger partial charge is 0.182 e. The molecule has 0 atom stereocenters. The minimum atomic E-state index is 0.562. The highest BCUT2D eigenvalue weighted by Gasteiger charge is 2.12. The van der Waals surface area contributed by atoms with E-state index in [9.17, 15) is 0 Å². The Labute approximate surface area is 153 Å². The summed E-state index contributed by atoms with van der Waals surface area (Å²) in [5, 5.41) is 0. The van der Waals surface area contributed by atoms with Crippen LogP contribution in [0.25, 0.3) is 34.3 Å². The topological polar surface area (TPSA) is 51.6 Å². The van der Waals surface area contributed by atoms with Gasteiger partial charge in [-0.05, 0) is 24.3 Å². The van der Waals surface area contributed by atoms with Gasteiger partial charge in [0.15, 0.2) is 17.5 Å². The van der Waals surface area contributed by atoms with Crippen LogP contribution in [0.2, 0.25) is 0 Å². The van der Waals surface area contributed by atoms with Gasteiger partial charge in [-0.1, -0.05) is 64.5 Å². The molecule has 0 aliphatic heterocycles. The van der Waals surface area contributed by atoms with Gasteiger partial charge in [-0.25, -0.2) is 15.0 Å². The quantitative estimate of drug-likeness (QED) is 0.493. The van der Waals surface area contributed by atoms with Crippen LogP contribution < -0.4 is 0 Å². The molecule has 0 spiro atoms. The van der Waals surface area contributed by atoms with Gasteiger partial charge >= 0.3 is 0 Å². The van der Waals surface area contributed by atoms with Crippen molar-refractivity contribution in [1.82, 2.24) is 19.9 Å². The van der Waals surface area contributed by atoms with E-state index in [-0.39, 0.29) is 0 Å². The molecule has 120 valence electrons. The molecule has 0 aliphatic rings. The highest BCUT2D eigenvalue weighted by molar-refractivity contribution is 9.10. The Balaban J connectivity index is 1.90. The summed E-state index contributed by atoms with van der Waals surface area (Å²) in [6.45, 7) is 0. The number of hydrogen-bond acceptors (Lipinski definition) is 4. The van der Waals surface area contributed by atoms with Crippen molar-refractivity contribution in [2.45, 2.75) is 0 Å². The molecule has 0 bridgehead atoms. The standard InChI is InChI=1S/C20H13BrN4/c21-16-11-9-15(10-12-16)19-23-18(14-6-2-1-3-7-14)24-20(25-19)17-8-4-5-13-22-17/h1-13H. The average molecular weight is 389 g/mol. The van der Waals surface area contributed by atoms with E-state index in [2.05, 4.69) is 35.9 Å². The predicted octanol–water partition coefficient (Wildman–Crippen LogP) is 5.03. The van der Waals surface area contributed by atoms with Crippen LogP contribution in [0.5, 0.6) is 0 Å². The van der Waals surface area contributed by atoms with Crippen molar-refractivity contribution in [3.63, 3.8) is 0 Å². The van der Waals surface area contributed by atoms with Crippen molar-refractivity contribution in [3.8, 4) is 34.3 Å². The molecule has 0 fully saturated rings. The summed E-state index contributed by atoms with van der Waals surface area (Å²) in [4.78, 5) is 18.3. The molecule has 0 aliphatic carbocycles. The Hall–Kier alpha value is -2.92. The second-order valence-corrected chi connectivity index (χ2v) is 6.31. The van der Waals surface area contributed by atoms with Crippen molar-refractivity contribution in [2.75, 3.05) is 0 Å².